The summed E-state index contributed by atoms with van der Waals surface area (Å²) in [5, 5.41) is 10.8. The first-order valence-electron chi connectivity index (χ1n) is 8.43. The van der Waals surface area contributed by atoms with Gasteiger partial charge in [0.15, 0.2) is 8.45 Å². The van der Waals surface area contributed by atoms with E-state index in [-0.39, 0.29) is 11.8 Å². The van der Waals surface area contributed by atoms with Crippen molar-refractivity contribution in [3.05, 3.63) is 39.9 Å². The van der Waals surface area contributed by atoms with Crippen molar-refractivity contribution >= 4 is 60.5 Å². The van der Waals surface area contributed by atoms with Crippen LogP contribution in [-0.2, 0) is 4.52 Å². The maximum atomic E-state index is 10.8. The average Bonchev–Trinajstić information content (AvgIpc) is 2.66. The minimum Gasteiger partial charge on any atom is -0.323 e. The van der Waals surface area contributed by atoms with Crippen molar-refractivity contribution in [2.45, 2.75) is 13.0 Å². The molecule has 154 valence electrons. The smallest absolute Gasteiger partial charge is 0.269 e. The van der Waals surface area contributed by atoms with Crippen LogP contribution in [0.4, 0.5) is 5.69 Å². The van der Waals surface area contributed by atoms with E-state index in [4.69, 9.17) is 50.9 Å². The predicted molar refractivity (Wildman–Crippen MR) is 116 cm³/mol. The van der Waals surface area contributed by atoms with Crippen LogP contribution in [0.2, 0.25) is 0 Å². The van der Waals surface area contributed by atoms with Gasteiger partial charge in [0.2, 0.25) is 0 Å². The molecule has 0 radical (unpaired) electrons. The predicted octanol–water partition coefficient (Wildman–Crippen LogP) is 5.46. The summed E-state index contributed by atoms with van der Waals surface area (Å²) >= 11 is 23.9. The van der Waals surface area contributed by atoms with Crippen molar-refractivity contribution in [1.29, 1.82) is 0 Å². The van der Waals surface area contributed by atoms with Gasteiger partial charge >= 0.3 is 0 Å². The number of non-ortho nitro benzene ring substituents is 1. The highest BCUT2D eigenvalue weighted by atomic mass is 35.5. The van der Waals surface area contributed by atoms with E-state index in [0.29, 0.717) is 49.7 Å². The van der Waals surface area contributed by atoms with E-state index in [1.54, 1.807) is 12.1 Å². The normalized spacial score (nSPS) is 12.9. The van der Waals surface area contributed by atoms with Gasteiger partial charge in [-0.05, 0) is 24.6 Å². The second kappa shape index (κ2) is 14.1. The fourth-order valence-corrected chi connectivity index (χ4v) is 5.74. The topological polar surface area (TPSA) is 58.8 Å². The summed E-state index contributed by atoms with van der Waals surface area (Å²) < 4.78 is 10.6. The lowest BCUT2D eigenvalue weighted by Crippen LogP contribution is -2.35. The van der Waals surface area contributed by atoms with E-state index >= 15 is 0 Å². The zero-order chi connectivity index (χ0) is 20.2. The molecule has 0 heterocycles. The molecule has 6 nitrogen and oxygen atoms in total. The first-order valence-corrected chi connectivity index (χ1v) is 11.7. The molecular formula is C16H24Cl4N3O3P. The molecule has 0 aliphatic rings. The Morgan fingerprint density at radius 1 is 0.963 bits per heavy atom. The first-order chi connectivity index (χ1) is 13.0. The molecule has 0 spiro atoms. The first kappa shape index (κ1) is 25.1. The van der Waals surface area contributed by atoms with E-state index in [1.807, 2.05) is 6.92 Å². The van der Waals surface area contributed by atoms with Crippen molar-refractivity contribution in [2.75, 3.05) is 49.7 Å². The van der Waals surface area contributed by atoms with Crippen molar-refractivity contribution in [3.63, 3.8) is 0 Å². The van der Waals surface area contributed by atoms with Crippen LogP contribution >= 0.6 is 54.9 Å². The number of nitro benzene ring substituents is 1. The highest BCUT2D eigenvalue weighted by Gasteiger charge is 2.28. The largest absolute Gasteiger partial charge is 0.323 e. The molecule has 1 rings (SSSR count). The van der Waals surface area contributed by atoms with Gasteiger partial charge in [-0.15, -0.1) is 46.4 Å². The van der Waals surface area contributed by atoms with Crippen LogP contribution in [0.1, 0.15) is 18.6 Å². The second-order valence-electron chi connectivity index (χ2n) is 5.51. The number of alkyl halides is 4. The quantitative estimate of drug-likeness (QED) is 0.154. The van der Waals surface area contributed by atoms with E-state index in [0.717, 1.165) is 5.56 Å². The fraction of sp³-hybridized carbons (Fsp3) is 0.625. The highest BCUT2D eigenvalue weighted by Crippen LogP contribution is 2.49. The van der Waals surface area contributed by atoms with E-state index in [1.165, 1.54) is 12.1 Å². The number of hydrogen-bond acceptors (Lipinski definition) is 5. The standard InChI is InChI=1S/C16H24Cl4N3O3P/c1-14(15-2-4-16(5-3-15)23(24)25)26-27(21(10-6-17)11-7-18)22(12-8-19)13-9-20/h2-5,14H,6-13H2,1H3. The highest BCUT2D eigenvalue weighted by molar-refractivity contribution is 7.47. The number of rotatable bonds is 14. The van der Waals surface area contributed by atoms with Gasteiger partial charge < -0.3 is 4.52 Å². The molecule has 0 aromatic heterocycles. The third-order valence-electron chi connectivity index (χ3n) is 3.68. The lowest BCUT2D eigenvalue weighted by Gasteiger charge is -2.38. The lowest BCUT2D eigenvalue weighted by atomic mass is 10.1. The molecule has 1 atom stereocenters. The maximum Gasteiger partial charge on any atom is 0.269 e. The van der Waals surface area contributed by atoms with Crippen molar-refractivity contribution < 1.29 is 9.45 Å². The van der Waals surface area contributed by atoms with E-state index < -0.39 is 13.4 Å². The van der Waals surface area contributed by atoms with Gasteiger partial charge in [-0.1, -0.05) is 0 Å². The molecule has 1 aromatic rings. The summed E-state index contributed by atoms with van der Waals surface area (Å²) in [4.78, 5) is 10.4. The molecule has 11 heteroatoms. The Hall–Kier alpha value is 0.0900. The van der Waals surface area contributed by atoms with Crippen LogP contribution in [0.3, 0.4) is 0 Å². The van der Waals surface area contributed by atoms with Crippen molar-refractivity contribution in [3.8, 4) is 0 Å². The Morgan fingerprint density at radius 3 is 1.70 bits per heavy atom. The number of benzene rings is 1. The van der Waals surface area contributed by atoms with Crippen molar-refractivity contribution in [1.82, 2.24) is 9.34 Å². The Bertz CT molecular complexity index is 528. The van der Waals surface area contributed by atoms with E-state index in [2.05, 4.69) is 9.34 Å². The molecule has 1 aromatic carbocycles. The third-order valence-corrected chi connectivity index (χ3v) is 6.63. The lowest BCUT2D eigenvalue weighted by molar-refractivity contribution is -0.384. The fourth-order valence-electron chi connectivity index (χ4n) is 2.34. The summed E-state index contributed by atoms with van der Waals surface area (Å²) in [6.07, 6.45) is -0.279. The van der Waals surface area contributed by atoms with Gasteiger partial charge in [-0.2, -0.15) is 0 Å². The SMILES string of the molecule is CC(OP(N(CCCl)CCCl)N(CCCl)CCCl)c1ccc([N+](=O)[O-])cc1. The average molecular weight is 479 g/mol. The van der Waals surface area contributed by atoms with Crippen LogP contribution < -0.4 is 0 Å². The molecule has 0 aliphatic heterocycles. The molecular weight excluding hydrogens is 455 g/mol. The molecule has 0 fully saturated rings. The van der Waals surface area contributed by atoms with Gasteiger partial charge in [0, 0.05) is 61.8 Å². The number of hydrogen-bond donors (Lipinski definition) is 0. The minimum atomic E-state index is -1.20. The second-order valence-corrected chi connectivity index (χ2v) is 8.87. The molecule has 0 saturated heterocycles. The van der Waals surface area contributed by atoms with Crippen LogP contribution in [0, 0.1) is 10.1 Å². The molecule has 0 N–H and O–H groups in total. The molecule has 0 amide bonds. The molecule has 1 unspecified atom stereocenters. The van der Waals surface area contributed by atoms with E-state index in [9.17, 15) is 10.1 Å². The number of nitrogens with zero attached hydrogens (tertiary/aromatic N) is 3. The van der Waals surface area contributed by atoms with Gasteiger partial charge in [-0.25, -0.2) is 9.34 Å². The Morgan fingerprint density at radius 2 is 1.37 bits per heavy atom. The summed E-state index contributed by atoms with van der Waals surface area (Å²) in [5.41, 5.74) is 0.895. The number of halogens is 4. The Balaban J connectivity index is 3.03. The maximum absolute atomic E-state index is 10.8. The summed E-state index contributed by atoms with van der Waals surface area (Å²) in [7, 11) is -1.20. The summed E-state index contributed by atoms with van der Waals surface area (Å²) in [6, 6.07) is 6.36. The van der Waals surface area contributed by atoms with Crippen LogP contribution in [0.15, 0.2) is 24.3 Å². The molecule has 0 aliphatic carbocycles. The Labute approximate surface area is 181 Å². The van der Waals surface area contributed by atoms with Gasteiger partial charge in [0.05, 0.1) is 11.0 Å². The van der Waals surface area contributed by atoms with Gasteiger partial charge in [0.25, 0.3) is 5.69 Å². The summed E-state index contributed by atoms with van der Waals surface area (Å²) in [6.45, 7) is 4.39. The minimum absolute atomic E-state index is 0.0463. The van der Waals surface area contributed by atoms with Crippen LogP contribution in [0.25, 0.3) is 0 Å². The van der Waals surface area contributed by atoms with Gasteiger partial charge in [0.1, 0.15) is 0 Å². The monoisotopic (exact) mass is 477 g/mol. The van der Waals surface area contributed by atoms with Crippen LogP contribution in [-0.4, -0.2) is 64.0 Å². The summed E-state index contributed by atoms with van der Waals surface area (Å²) in [5.74, 6) is 1.78. The zero-order valence-corrected chi connectivity index (χ0v) is 19.0. The zero-order valence-electron chi connectivity index (χ0n) is 15.1. The molecule has 27 heavy (non-hydrogen) atoms. The molecule has 0 bridgehead atoms. The third kappa shape index (κ3) is 8.55. The Kier molecular flexibility index (Phi) is 13.2. The van der Waals surface area contributed by atoms with Gasteiger partial charge in [-0.3, -0.25) is 10.1 Å². The number of nitro groups is 1. The van der Waals surface area contributed by atoms with Crippen molar-refractivity contribution in [2.24, 2.45) is 0 Å². The molecule has 0 saturated carbocycles. The van der Waals surface area contributed by atoms with Crippen LogP contribution in [0.5, 0.6) is 0 Å².